The minimum absolute atomic E-state index is 0.0387. The normalized spacial score (nSPS) is 10.4. The van der Waals surface area contributed by atoms with Gasteiger partial charge in [0.05, 0.1) is 6.42 Å². The van der Waals surface area contributed by atoms with Crippen LogP contribution in [0.25, 0.3) is 11.4 Å². The van der Waals surface area contributed by atoms with Gasteiger partial charge in [-0.2, -0.15) is 4.98 Å². The van der Waals surface area contributed by atoms with Crippen LogP contribution in [0.2, 0.25) is 0 Å². The Morgan fingerprint density at radius 1 is 1.03 bits per heavy atom. The molecule has 0 atom stereocenters. The van der Waals surface area contributed by atoms with Crippen LogP contribution in [0.3, 0.4) is 0 Å². The molecule has 31 heavy (non-hydrogen) atoms. The van der Waals surface area contributed by atoms with E-state index in [1.54, 1.807) is 0 Å². The van der Waals surface area contributed by atoms with Gasteiger partial charge >= 0.3 is 12.0 Å². The number of carbonyl (C=O) groups excluding carboxylic acids is 3. The minimum Gasteiger partial charge on any atom is -0.456 e. The number of ether oxygens (including phenoxy) is 1. The van der Waals surface area contributed by atoms with Gasteiger partial charge in [-0.1, -0.05) is 65.3 Å². The van der Waals surface area contributed by atoms with Gasteiger partial charge in [0.1, 0.15) is 0 Å². The Balaban J connectivity index is 1.35. The van der Waals surface area contributed by atoms with Crippen molar-refractivity contribution in [1.29, 1.82) is 0 Å². The molecule has 1 heterocycles. The number of urea groups is 1. The Morgan fingerprint density at radius 3 is 2.52 bits per heavy atom. The lowest BCUT2D eigenvalue weighted by Crippen LogP contribution is -2.41. The van der Waals surface area contributed by atoms with Crippen molar-refractivity contribution >= 4 is 17.9 Å². The van der Waals surface area contributed by atoms with Crippen LogP contribution < -0.4 is 10.6 Å². The first-order valence-electron chi connectivity index (χ1n) is 9.66. The Bertz CT molecular complexity index is 1030. The molecule has 0 saturated carbocycles. The first-order chi connectivity index (χ1) is 15.0. The summed E-state index contributed by atoms with van der Waals surface area (Å²) in [5.41, 5.74) is 2.82. The van der Waals surface area contributed by atoms with Crippen molar-refractivity contribution in [2.24, 2.45) is 0 Å². The van der Waals surface area contributed by atoms with Crippen molar-refractivity contribution in [3.63, 3.8) is 0 Å². The van der Waals surface area contributed by atoms with E-state index < -0.39 is 24.5 Å². The van der Waals surface area contributed by atoms with Gasteiger partial charge < -0.3 is 14.6 Å². The fourth-order valence-corrected chi connectivity index (χ4v) is 2.59. The maximum absolute atomic E-state index is 11.8. The quantitative estimate of drug-likeness (QED) is 0.535. The Kier molecular flexibility index (Phi) is 7.47. The lowest BCUT2D eigenvalue weighted by Gasteiger charge is -2.07. The van der Waals surface area contributed by atoms with Crippen LogP contribution in [-0.2, 0) is 27.3 Å². The summed E-state index contributed by atoms with van der Waals surface area (Å²) >= 11 is 0. The summed E-state index contributed by atoms with van der Waals surface area (Å²) in [6.45, 7) is 1.69. The number of hydrogen-bond acceptors (Lipinski definition) is 7. The Labute approximate surface area is 178 Å². The van der Waals surface area contributed by atoms with Gasteiger partial charge in [-0.05, 0) is 12.5 Å². The van der Waals surface area contributed by atoms with Crippen molar-refractivity contribution < 1.29 is 23.6 Å². The maximum atomic E-state index is 11.8. The molecule has 0 radical (unpaired) electrons. The van der Waals surface area contributed by atoms with Crippen molar-refractivity contribution in [3.8, 4) is 11.4 Å². The van der Waals surface area contributed by atoms with E-state index in [1.807, 2.05) is 61.5 Å². The largest absolute Gasteiger partial charge is 0.456 e. The van der Waals surface area contributed by atoms with Crippen LogP contribution in [0, 0.1) is 6.92 Å². The lowest BCUT2D eigenvalue weighted by molar-refractivity contribution is -0.148. The summed E-state index contributed by atoms with van der Waals surface area (Å²) in [5, 5.41) is 8.54. The molecular formula is C22H22N4O5. The van der Waals surface area contributed by atoms with E-state index in [-0.39, 0.29) is 25.3 Å². The monoisotopic (exact) mass is 422 g/mol. The van der Waals surface area contributed by atoms with Gasteiger partial charge in [0.25, 0.3) is 5.91 Å². The van der Waals surface area contributed by atoms with E-state index in [2.05, 4.69) is 20.8 Å². The second-order valence-corrected chi connectivity index (χ2v) is 6.75. The molecule has 0 saturated heterocycles. The molecule has 3 amide bonds. The summed E-state index contributed by atoms with van der Waals surface area (Å²) in [6, 6.07) is 16.2. The third-order valence-electron chi connectivity index (χ3n) is 4.23. The van der Waals surface area contributed by atoms with Crippen LogP contribution in [0.4, 0.5) is 4.79 Å². The first-order valence-corrected chi connectivity index (χ1v) is 9.66. The number of rotatable bonds is 8. The third kappa shape index (κ3) is 7.07. The third-order valence-corrected chi connectivity index (χ3v) is 4.23. The second-order valence-electron chi connectivity index (χ2n) is 6.75. The molecule has 0 spiro atoms. The number of nitrogens with one attached hydrogen (secondary N) is 2. The first kappa shape index (κ1) is 21.7. The number of esters is 1. The molecule has 2 N–H and O–H groups in total. The molecule has 3 aromatic rings. The highest BCUT2D eigenvalue weighted by Crippen LogP contribution is 2.16. The zero-order valence-electron chi connectivity index (χ0n) is 17.0. The summed E-state index contributed by atoms with van der Waals surface area (Å²) in [6.07, 6.45) is 0.139. The van der Waals surface area contributed by atoms with Crippen LogP contribution in [0.1, 0.15) is 23.4 Å². The van der Waals surface area contributed by atoms with E-state index in [9.17, 15) is 14.4 Å². The fourth-order valence-electron chi connectivity index (χ4n) is 2.59. The number of amides is 3. The van der Waals surface area contributed by atoms with Gasteiger partial charge in [0, 0.05) is 18.5 Å². The fraction of sp³-hybridized carbons (Fsp3) is 0.227. The highest BCUT2D eigenvalue weighted by molar-refractivity contribution is 5.95. The highest BCUT2D eigenvalue weighted by Gasteiger charge is 2.14. The van der Waals surface area contributed by atoms with Gasteiger partial charge in [-0.25, -0.2) is 4.79 Å². The molecule has 0 aliphatic heterocycles. The number of hydrogen-bond donors (Lipinski definition) is 2. The number of carbonyl (C=O) groups is 3. The molecule has 160 valence electrons. The van der Waals surface area contributed by atoms with Gasteiger partial charge in [0.2, 0.25) is 11.7 Å². The minimum atomic E-state index is -0.724. The number of benzene rings is 2. The number of imide groups is 1. The summed E-state index contributed by atoms with van der Waals surface area (Å²) in [5.74, 6) is -0.616. The van der Waals surface area contributed by atoms with Gasteiger partial charge in [-0.3, -0.25) is 14.9 Å². The van der Waals surface area contributed by atoms with Crippen molar-refractivity contribution in [2.45, 2.75) is 26.3 Å². The van der Waals surface area contributed by atoms with Crippen LogP contribution >= 0.6 is 0 Å². The Morgan fingerprint density at radius 2 is 1.77 bits per heavy atom. The molecule has 9 heteroatoms. The van der Waals surface area contributed by atoms with Crippen LogP contribution in [0.15, 0.2) is 59.1 Å². The van der Waals surface area contributed by atoms with Crippen LogP contribution in [0.5, 0.6) is 0 Å². The van der Waals surface area contributed by atoms with E-state index in [4.69, 9.17) is 9.26 Å². The SMILES string of the molecule is Cc1ccc(-c2noc(CCC(=O)OCC(=O)NC(=O)NCc3ccccc3)n2)cc1. The summed E-state index contributed by atoms with van der Waals surface area (Å²) in [4.78, 5) is 39.5. The molecule has 2 aromatic carbocycles. The Hall–Kier alpha value is -4.01. The molecule has 3 rings (SSSR count). The maximum Gasteiger partial charge on any atom is 0.321 e. The predicted octanol–water partition coefficient (Wildman–Crippen LogP) is 2.55. The number of aromatic nitrogens is 2. The van der Waals surface area contributed by atoms with E-state index in [0.29, 0.717) is 5.82 Å². The molecule has 0 aliphatic rings. The van der Waals surface area contributed by atoms with Crippen molar-refractivity contribution in [1.82, 2.24) is 20.8 Å². The van der Waals surface area contributed by atoms with Crippen molar-refractivity contribution in [2.75, 3.05) is 6.61 Å². The van der Waals surface area contributed by atoms with Gasteiger partial charge in [-0.15, -0.1) is 0 Å². The standard InChI is InChI=1S/C22H22N4O5/c1-15-7-9-17(10-8-15)21-25-19(31-26-21)11-12-20(28)30-14-18(27)24-22(29)23-13-16-5-3-2-4-6-16/h2-10H,11-14H2,1H3,(H2,23,24,27,29). The lowest BCUT2D eigenvalue weighted by atomic mass is 10.1. The smallest absolute Gasteiger partial charge is 0.321 e. The summed E-state index contributed by atoms with van der Waals surface area (Å²) in [7, 11) is 0. The molecule has 9 nitrogen and oxygen atoms in total. The highest BCUT2D eigenvalue weighted by atomic mass is 16.5. The van der Waals surface area contributed by atoms with Gasteiger partial charge in [0.15, 0.2) is 6.61 Å². The zero-order valence-corrected chi connectivity index (χ0v) is 17.0. The zero-order chi connectivity index (χ0) is 22.1. The topological polar surface area (TPSA) is 123 Å². The molecule has 0 bridgehead atoms. The second kappa shape index (κ2) is 10.7. The number of nitrogens with zero attached hydrogens (tertiary/aromatic N) is 2. The molecule has 0 unspecified atom stereocenters. The molecule has 1 aromatic heterocycles. The molecule has 0 aliphatic carbocycles. The van der Waals surface area contributed by atoms with E-state index in [1.165, 1.54) is 0 Å². The summed E-state index contributed by atoms with van der Waals surface area (Å²) < 4.78 is 10.0. The number of aryl methyl sites for hydroxylation is 2. The molecule has 0 fully saturated rings. The van der Waals surface area contributed by atoms with Crippen molar-refractivity contribution in [3.05, 3.63) is 71.6 Å². The van der Waals surface area contributed by atoms with E-state index >= 15 is 0 Å². The van der Waals surface area contributed by atoms with Crippen LogP contribution in [-0.4, -0.2) is 34.7 Å². The molecular weight excluding hydrogens is 400 g/mol. The van der Waals surface area contributed by atoms with E-state index in [0.717, 1.165) is 16.7 Å². The predicted molar refractivity (Wildman–Crippen MR) is 111 cm³/mol. The average molecular weight is 422 g/mol. The average Bonchev–Trinajstić information content (AvgIpc) is 3.25.